The molecule has 0 radical (unpaired) electrons. The van der Waals surface area contributed by atoms with Gasteiger partial charge in [-0.3, -0.25) is 4.79 Å². The molecule has 3 rings (SSSR count). The van der Waals surface area contributed by atoms with Crippen LogP contribution in [0.4, 0.5) is 0 Å². The third kappa shape index (κ3) is 1.22. The van der Waals surface area contributed by atoms with Gasteiger partial charge in [-0.2, -0.15) is 4.37 Å². The van der Waals surface area contributed by atoms with Crippen LogP contribution >= 0.6 is 34.6 Å². The molecule has 3 aromatic heterocycles. The first-order valence-electron chi connectivity index (χ1n) is 3.98. The van der Waals surface area contributed by atoms with Crippen molar-refractivity contribution >= 4 is 55.1 Å². The minimum absolute atomic E-state index is 0.194. The topological polar surface area (TPSA) is 71.5 Å². The molecule has 0 atom stereocenters. The van der Waals surface area contributed by atoms with Crippen LogP contribution in [0.3, 0.4) is 0 Å². The zero-order valence-electron chi connectivity index (χ0n) is 7.47. The summed E-state index contributed by atoms with van der Waals surface area (Å²) in [5, 5.41) is 10.8. The smallest absolute Gasteiger partial charge is 0.266 e. The summed E-state index contributed by atoms with van der Waals surface area (Å²) in [5.41, 5.74) is 0.469. The van der Waals surface area contributed by atoms with E-state index in [1.807, 2.05) is 6.26 Å². The van der Waals surface area contributed by atoms with Crippen molar-refractivity contribution in [2.45, 2.75) is 4.21 Å². The van der Waals surface area contributed by atoms with Crippen LogP contribution in [0, 0.1) is 0 Å². The SMILES string of the molecule is CSc1snc2sc3c(=O)[nH]nnc3c12. The molecule has 0 saturated heterocycles. The van der Waals surface area contributed by atoms with Crippen LogP contribution in [0.1, 0.15) is 0 Å². The highest BCUT2D eigenvalue weighted by Crippen LogP contribution is 2.38. The van der Waals surface area contributed by atoms with Crippen LogP contribution in [-0.4, -0.2) is 26.0 Å². The van der Waals surface area contributed by atoms with Crippen molar-refractivity contribution in [2.75, 3.05) is 6.26 Å². The van der Waals surface area contributed by atoms with Gasteiger partial charge in [0.15, 0.2) is 0 Å². The second-order valence-electron chi connectivity index (χ2n) is 2.78. The number of fused-ring (bicyclic) bond motifs is 3. The van der Waals surface area contributed by atoms with Crippen molar-refractivity contribution in [1.29, 1.82) is 0 Å². The molecule has 5 nitrogen and oxygen atoms in total. The fourth-order valence-corrected chi connectivity index (χ4v) is 3.96. The highest BCUT2D eigenvalue weighted by Gasteiger charge is 2.16. The highest BCUT2D eigenvalue weighted by atomic mass is 32.2. The molecule has 76 valence electrons. The van der Waals surface area contributed by atoms with E-state index >= 15 is 0 Å². The first-order valence-corrected chi connectivity index (χ1v) is 6.80. The van der Waals surface area contributed by atoms with Crippen LogP contribution in [0.2, 0.25) is 0 Å². The molecule has 1 N–H and O–H groups in total. The quantitative estimate of drug-likeness (QED) is 0.671. The summed E-state index contributed by atoms with van der Waals surface area (Å²) >= 11 is 4.41. The largest absolute Gasteiger partial charge is 0.285 e. The monoisotopic (exact) mass is 256 g/mol. The summed E-state index contributed by atoms with van der Waals surface area (Å²) in [7, 11) is 0. The first-order chi connectivity index (χ1) is 7.31. The van der Waals surface area contributed by atoms with Crippen molar-refractivity contribution in [1.82, 2.24) is 19.8 Å². The lowest BCUT2D eigenvalue weighted by Crippen LogP contribution is -2.07. The van der Waals surface area contributed by atoms with Crippen molar-refractivity contribution in [3.63, 3.8) is 0 Å². The third-order valence-electron chi connectivity index (χ3n) is 1.97. The number of aromatic nitrogens is 4. The predicted molar refractivity (Wildman–Crippen MR) is 63.0 cm³/mol. The Kier molecular flexibility index (Phi) is 2.01. The van der Waals surface area contributed by atoms with E-state index in [1.54, 1.807) is 11.8 Å². The molecule has 0 fully saturated rings. The van der Waals surface area contributed by atoms with Crippen molar-refractivity contribution in [3.8, 4) is 0 Å². The van der Waals surface area contributed by atoms with Gasteiger partial charge in [-0.1, -0.05) is 5.21 Å². The number of hydrogen-bond acceptors (Lipinski definition) is 7. The average Bonchev–Trinajstić information content (AvgIpc) is 2.77. The zero-order valence-corrected chi connectivity index (χ0v) is 9.92. The average molecular weight is 256 g/mol. The molecule has 0 aromatic carbocycles. The van der Waals surface area contributed by atoms with Crippen LogP contribution in [0.5, 0.6) is 0 Å². The number of nitrogens with zero attached hydrogens (tertiary/aromatic N) is 3. The Labute approximate surface area is 95.7 Å². The van der Waals surface area contributed by atoms with Crippen molar-refractivity contribution < 1.29 is 0 Å². The Balaban J connectivity index is 2.61. The fraction of sp³-hybridized carbons (Fsp3) is 0.143. The summed E-state index contributed by atoms with van der Waals surface area (Å²) in [5.74, 6) is 0. The Morgan fingerprint density at radius 1 is 1.47 bits per heavy atom. The van der Waals surface area contributed by atoms with Gasteiger partial charge >= 0.3 is 0 Å². The van der Waals surface area contributed by atoms with E-state index < -0.39 is 0 Å². The van der Waals surface area contributed by atoms with Gasteiger partial charge in [0.1, 0.15) is 15.0 Å². The molecule has 0 aliphatic rings. The minimum Gasteiger partial charge on any atom is -0.266 e. The molecule has 0 spiro atoms. The molecular formula is C7H4N4OS3. The third-order valence-corrected chi connectivity index (χ3v) is 5.10. The van der Waals surface area contributed by atoms with Gasteiger partial charge in [0, 0.05) is 0 Å². The summed E-state index contributed by atoms with van der Waals surface area (Å²) in [4.78, 5) is 12.3. The predicted octanol–water partition coefficient (Wildman–Crippen LogP) is 1.71. The van der Waals surface area contributed by atoms with E-state index in [-0.39, 0.29) is 5.56 Å². The molecule has 8 heteroatoms. The molecule has 3 aromatic rings. The van der Waals surface area contributed by atoms with Crippen LogP contribution in [-0.2, 0) is 0 Å². The van der Waals surface area contributed by atoms with Crippen LogP contribution < -0.4 is 5.56 Å². The molecule has 3 heterocycles. The van der Waals surface area contributed by atoms with Crippen LogP contribution in [0.25, 0.3) is 20.4 Å². The van der Waals surface area contributed by atoms with Gasteiger partial charge in [-0.15, -0.1) is 28.2 Å². The van der Waals surface area contributed by atoms with Gasteiger partial charge in [0.05, 0.1) is 9.60 Å². The Morgan fingerprint density at radius 2 is 2.33 bits per heavy atom. The number of H-pyrrole nitrogens is 1. The molecule has 0 amide bonds. The maximum atomic E-state index is 11.5. The molecule has 0 bridgehead atoms. The lowest BCUT2D eigenvalue weighted by molar-refractivity contribution is 0.876. The maximum absolute atomic E-state index is 11.5. The van der Waals surface area contributed by atoms with Crippen LogP contribution in [0.15, 0.2) is 9.00 Å². The Hall–Kier alpha value is -0.990. The number of hydrogen-bond donors (Lipinski definition) is 1. The molecule has 0 aliphatic heterocycles. The molecular weight excluding hydrogens is 252 g/mol. The normalized spacial score (nSPS) is 11.5. The number of nitrogens with one attached hydrogen (secondary N) is 1. The fourth-order valence-electron chi connectivity index (χ4n) is 1.35. The number of thioether (sulfide) groups is 1. The first kappa shape index (κ1) is 9.25. The lowest BCUT2D eigenvalue weighted by atomic mass is 10.4. The summed E-state index contributed by atoms with van der Waals surface area (Å²) in [6.45, 7) is 0. The van der Waals surface area contributed by atoms with E-state index in [9.17, 15) is 4.79 Å². The second kappa shape index (κ2) is 3.26. The molecule has 15 heavy (non-hydrogen) atoms. The standard InChI is InChI=1S/C7H4N4OS3/c1-13-7-2-3-4(5(12)9-11-8-3)14-6(2)10-15-7/h1H3,(H,8,9,12). The lowest BCUT2D eigenvalue weighted by Gasteiger charge is -1.88. The van der Waals surface area contributed by atoms with E-state index in [0.29, 0.717) is 10.2 Å². The molecule has 0 unspecified atom stereocenters. The summed E-state index contributed by atoms with van der Waals surface area (Å²) in [6.07, 6.45) is 1.98. The molecule has 0 aliphatic carbocycles. The van der Waals surface area contributed by atoms with Gasteiger partial charge in [-0.25, -0.2) is 5.10 Å². The van der Waals surface area contributed by atoms with Gasteiger partial charge in [0.25, 0.3) is 5.56 Å². The minimum atomic E-state index is -0.194. The van der Waals surface area contributed by atoms with Crippen molar-refractivity contribution in [3.05, 3.63) is 10.4 Å². The van der Waals surface area contributed by atoms with Gasteiger partial charge in [-0.05, 0) is 17.8 Å². The number of aromatic amines is 1. The van der Waals surface area contributed by atoms with Gasteiger partial charge < -0.3 is 0 Å². The van der Waals surface area contributed by atoms with E-state index in [1.165, 1.54) is 22.9 Å². The van der Waals surface area contributed by atoms with Gasteiger partial charge in [0.2, 0.25) is 0 Å². The molecule has 0 saturated carbocycles. The maximum Gasteiger partial charge on any atom is 0.285 e. The van der Waals surface area contributed by atoms with Crippen molar-refractivity contribution in [2.24, 2.45) is 0 Å². The summed E-state index contributed by atoms with van der Waals surface area (Å²) in [6, 6.07) is 0. The number of thiophene rings is 1. The van der Waals surface area contributed by atoms with E-state index in [4.69, 9.17) is 0 Å². The summed E-state index contributed by atoms with van der Waals surface area (Å²) < 4.78 is 5.97. The second-order valence-corrected chi connectivity index (χ2v) is 5.62. The van der Waals surface area contributed by atoms with E-state index in [0.717, 1.165) is 14.4 Å². The number of rotatable bonds is 1. The zero-order chi connectivity index (χ0) is 10.4. The Morgan fingerprint density at radius 3 is 3.13 bits per heavy atom. The highest BCUT2D eigenvalue weighted by molar-refractivity contribution is 8.00. The Bertz CT molecular complexity index is 697. The van der Waals surface area contributed by atoms with E-state index in [2.05, 4.69) is 19.8 Å².